The van der Waals surface area contributed by atoms with Gasteiger partial charge in [-0.2, -0.15) is 0 Å². The Kier molecular flexibility index (Phi) is 5.01. The zero-order chi connectivity index (χ0) is 19.8. The molecule has 3 rings (SSSR count). The van der Waals surface area contributed by atoms with Crippen LogP contribution in [0.15, 0.2) is 48.5 Å². The Morgan fingerprint density at radius 2 is 1.81 bits per heavy atom. The van der Waals surface area contributed by atoms with Crippen LogP contribution in [0.4, 0.5) is 5.69 Å². The van der Waals surface area contributed by atoms with E-state index in [0.717, 1.165) is 17.5 Å². The lowest BCUT2D eigenvalue weighted by molar-refractivity contribution is 0.0698. The van der Waals surface area contributed by atoms with Gasteiger partial charge in [-0.15, -0.1) is 0 Å². The maximum absolute atomic E-state index is 12.8. The fraction of sp³-hybridized carbons (Fsp3) is 0.350. The Labute approximate surface area is 159 Å². The molecule has 2 aromatic rings. The van der Waals surface area contributed by atoms with Crippen molar-refractivity contribution in [1.29, 1.82) is 0 Å². The number of hydrogen-bond acceptors (Lipinski definition) is 4. The van der Waals surface area contributed by atoms with Gasteiger partial charge in [-0.25, -0.2) is 13.2 Å². The quantitative estimate of drug-likeness (QED) is 0.761. The second kappa shape index (κ2) is 6.98. The minimum Gasteiger partial charge on any atom is -0.478 e. The molecule has 1 fully saturated rings. The van der Waals surface area contributed by atoms with Crippen LogP contribution in [0.5, 0.6) is 0 Å². The third-order valence-electron chi connectivity index (χ3n) is 5.37. The topological polar surface area (TPSA) is 86.7 Å². The fourth-order valence-electron chi connectivity index (χ4n) is 3.58. The summed E-state index contributed by atoms with van der Waals surface area (Å²) in [6, 6.07) is 14.1. The molecule has 144 valence electrons. The van der Waals surface area contributed by atoms with Gasteiger partial charge in [-0.1, -0.05) is 43.3 Å². The van der Waals surface area contributed by atoms with Crippen LogP contribution in [-0.2, 0) is 10.0 Å². The van der Waals surface area contributed by atoms with Gasteiger partial charge < -0.3 is 10.0 Å². The first-order valence-corrected chi connectivity index (χ1v) is 10.4. The van der Waals surface area contributed by atoms with Crippen LogP contribution in [0.1, 0.15) is 23.7 Å². The summed E-state index contributed by atoms with van der Waals surface area (Å²) in [4.78, 5) is 13.5. The van der Waals surface area contributed by atoms with Gasteiger partial charge in [0, 0.05) is 5.54 Å². The SMILES string of the molecule is CC1CC1(CS(=O)(=O)Nc1cc(-c2ccccc2)ccc1C(=O)O)N(C)C. The van der Waals surface area contributed by atoms with Crippen molar-refractivity contribution in [2.24, 2.45) is 5.92 Å². The number of carboxylic acids is 1. The van der Waals surface area contributed by atoms with Crippen LogP contribution in [0.25, 0.3) is 11.1 Å². The molecule has 0 heterocycles. The third kappa shape index (κ3) is 3.99. The molecule has 2 atom stereocenters. The van der Waals surface area contributed by atoms with E-state index >= 15 is 0 Å². The number of aromatic carboxylic acids is 1. The van der Waals surface area contributed by atoms with E-state index in [1.165, 1.54) is 6.07 Å². The largest absolute Gasteiger partial charge is 0.478 e. The Bertz CT molecular complexity index is 957. The molecular formula is C20H24N2O4S. The van der Waals surface area contributed by atoms with Crippen molar-refractivity contribution in [3.8, 4) is 11.1 Å². The van der Waals surface area contributed by atoms with Gasteiger partial charge in [0.05, 0.1) is 17.0 Å². The molecule has 0 amide bonds. The molecular weight excluding hydrogens is 364 g/mol. The van der Waals surface area contributed by atoms with Gasteiger partial charge in [0.2, 0.25) is 10.0 Å². The molecule has 0 saturated heterocycles. The van der Waals surface area contributed by atoms with Crippen molar-refractivity contribution in [2.45, 2.75) is 18.9 Å². The monoisotopic (exact) mass is 388 g/mol. The molecule has 1 aliphatic rings. The van der Waals surface area contributed by atoms with E-state index in [2.05, 4.69) is 4.72 Å². The molecule has 2 aromatic carbocycles. The highest BCUT2D eigenvalue weighted by Crippen LogP contribution is 2.48. The number of anilines is 1. The summed E-state index contributed by atoms with van der Waals surface area (Å²) in [6.45, 7) is 2.02. The smallest absolute Gasteiger partial charge is 0.337 e. The van der Waals surface area contributed by atoms with Crippen LogP contribution in [0.2, 0.25) is 0 Å². The minimum atomic E-state index is -3.72. The number of carboxylic acid groups (broad SMARTS) is 1. The highest BCUT2D eigenvalue weighted by Gasteiger charge is 2.55. The summed E-state index contributed by atoms with van der Waals surface area (Å²) in [6.07, 6.45) is 0.802. The Balaban J connectivity index is 1.94. The number of rotatable bonds is 7. The van der Waals surface area contributed by atoms with E-state index in [4.69, 9.17) is 0 Å². The predicted octanol–water partition coefficient (Wildman–Crippen LogP) is 3.13. The molecule has 0 aliphatic heterocycles. The lowest BCUT2D eigenvalue weighted by Crippen LogP contribution is -2.40. The van der Waals surface area contributed by atoms with Crippen LogP contribution >= 0.6 is 0 Å². The summed E-state index contributed by atoms with van der Waals surface area (Å²) in [7, 11) is 0.0278. The first-order valence-electron chi connectivity index (χ1n) is 8.75. The van der Waals surface area contributed by atoms with E-state index in [-0.39, 0.29) is 22.9 Å². The standard InChI is InChI=1S/C20H24N2O4S/c1-14-12-20(14,22(2)3)13-27(25,26)21-18-11-16(9-10-17(18)19(23)24)15-7-5-4-6-8-15/h4-11,14,21H,12-13H2,1-3H3,(H,23,24). The maximum atomic E-state index is 12.8. The van der Waals surface area contributed by atoms with Gasteiger partial charge in [-0.05, 0) is 49.7 Å². The molecule has 7 heteroatoms. The number of benzene rings is 2. The van der Waals surface area contributed by atoms with Crippen molar-refractivity contribution in [3.05, 3.63) is 54.1 Å². The maximum Gasteiger partial charge on any atom is 0.337 e. The number of nitrogens with one attached hydrogen (secondary N) is 1. The van der Waals surface area contributed by atoms with Gasteiger partial charge in [0.25, 0.3) is 0 Å². The average molecular weight is 388 g/mol. The summed E-state index contributed by atoms with van der Waals surface area (Å²) in [5, 5.41) is 9.46. The lowest BCUT2D eigenvalue weighted by atomic mass is 10.0. The van der Waals surface area contributed by atoms with E-state index in [1.807, 2.05) is 56.3 Å². The first-order chi connectivity index (χ1) is 12.6. The Morgan fingerprint density at radius 1 is 1.19 bits per heavy atom. The molecule has 1 saturated carbocycles. The van der Waals surface area contributed by atoms with Gasteiger partial charge >= 0.3 is 5.97 Å². The predicted molar refractivity (Wildman–Crippen MR) is 106 cm³/mol. The molecule has 0 aromatic heterocycles. The number of sulfonamides is 1. The highest BCUT2D eigenvalue weighted by atomic mass is 32.2. The molecule has 27 heavy (non-hydrogen) atoms. The lowest BCUT2D eigenvalue weighted by Gasteiger charge is -2.25. The fourth-order valence-corrected chi connectivity index (χ4v) is 5.48. The van der Waals surface area contributed by atoms with Gasteiger partial charge in [0.15, 0.2) is 0 Å². The van der Waals surface area contributed by atoms with Crippen LogP contribution in [0, 0.1) is 5.92 Å². The average Bonchev–Trinajstić information content (AvgIpc) is 3.24. The molecule has 0 radical (unpaired) electrons. The van der Waals surface area contributed by atoms with Crippen molar-refractivity contribution >= 4 is 21.7 Å². The molecule has 2 unspecified atom stereocenters. The second-order valence-corrected chi connectivity index (χ2v) is 9.12. The molecule has 0 bridgehead atoms. The molecule has 1 aliphatic carbocycles. The van der Waals surface area contributed by atoms with Gasteiger partial charge in [-0.3, -0.25) is 4.72 Å². The Hall–Kier alpha value is -2.38. The number of carbonyl (C=O) groups is 1. The minimum absolute atomic E-state index is 0.0667. The van der Waals surface area contributed by atoms with Crippen LogP contribution < -0.4 is 4.72 Å². The van der Waals surface area contributed by atoms with Crippen molar-refractivity contribution in [2.75, 3.05) is 24.6 Å². The summed E-state index contributed by atoms with van der Waals surface area (Å²) >= 11 is 0. The Morgan fingerprint density at radius 3 is 2.33 bits per heavy atom. The molecule has 6 nitrogen and oxygen atoms in total. The summed E-state index contributed by atoms with van der Waals surface area (Å²) in [5.74, 6) is -0.962. The second-order valence-electron chi connectivity index (χ2n) is 7.40. The third-order valence-corrected chi connectivity index (χ3v) is 6.78. The number of nitrogens with zero attached hydrogens (tertiary/aromatic N) is 1. The molecule has 0 spiro atoms. The van der Waals surface area contributed by atoms with E-state index in [0.29, 0.717) is 0 Å². The van der Waals surface area contributed by atoms with Crippen LogP contribution in [-0.4, -0.2) is 49.8 Å². The summed E-state index contributed by atoms with van der Waals surface area (Å²) in [5.41, 5.74) is 1.26. The van der Waals surface area contributed by atoms with Crippen molar-refractivity contribution < 1.29 is 18.3 Å². The number of hydrogen-bond donors (Lipinski definition) is 2. The molecule has 2 N–H and O–H groups in total. The van der Waals surface area contributed by atoms with E-state index in [9.17, 15) is 18.3 Å². The van der Waals surface area contributed by atoms with E-state index in [1.54, 1.807) is 12.1 Å². The van der Waals surface area contributed by atoms with Crippen LogP contribution in [0.3, 0.4) is 0 Å². The van der Waals surface area contributed by atoms with Gasteiger partial charge in [0.1, 0.15) is 0 Å². The first kappa shape index (κ1) is 19.4. The highest BCUT2D eigenvalue weighted by molar-refractivity contribution is 7.92. The van der Waals surface area contributed by atoms with E-state index < -0.39 is 21.5 Å². The zero-order valence-corrected chi connectivity index (χ0v) is 16.5. The van der Waals surface area contributed by atoms with Crippen molar-refractivity contribution in [3.63, 3.8) is 0 Å². The summed E-state index contributed by atoms with van der Waals surface area (Å²) < 4.78 is 28.1. The van der Waals surface area contributed by atoms with Crippen molar-refractivity contribution in [1.82, 2.24) is 4.90 Å². The zero-order valence-electron chi connectivity index (χ0n) is 15.6. The normalized spacial score (nSPS) is 21.9.